The molecule has 0 aliphatic heterocycles. The normalized spacial score (nSPS) is 12.0. The molecule has 0 aliphatic carbocycles. The number of benzene rings is 1. The van der Waals surface area contributed by atoms with Crippen LogP contribution in [0.15, 0.2) is 76.7 Å². The zero-order chi connectivity index (χ0) is 26.6. The minimum atomic E-state index is -4.54. The molecule has 0 saturated carbocycles. The molecule has 6 aromatic rings. The van der Waals surface area contributed by atoms with Crippen molar-refractivity contribution in [3.8, 4) is 22.3 Å². The predicted octanol–water partition coefficient (Wildman–Crippen LogP) is 3.68. The van der Waals surface area contributed by atoms with Crippen LogP contribution < -0.4 is 11.4 Å². The van der Waals surface area contributed by atoms with E-state index in [0.717, 1.165) is 19.8 Å². The largest absolute Gasteiger partial charge is 0.417 e. The maximum atomic E-state index is 13.5. The average molecular weight is 539 g/mol. The van der Waals surface area contributed by atoms with Gasteiger partial charge in [-0.3, -0.25) is 9.97 Å². The van der Waals surface area contributed by atoms with E-state index in [-0.39, 0.29) is 23.5 Å². The van der Waals surface area contributed by atoms with Gasteiger partial charge >= 0.3 is 17.6 Å². The van der Waals surface area contributed by atoms with Gasteiger partial charge in [-0.1, -0.05) is 23.7 Å². The molecule has 190 valence electrons. The number of pyridine rings is 2. The second-order valence-electron chi connectivity index (χ2n) is 8.27. The summed E-state index contributed by atoms with van der Waals surface area (Å²) in [5.41, 5.74) is 0.410. The van der Waals surface area contributed by atoms with Crippen molar-refractivity contribution in [2.45, 2.75) is 12.7 Å². The van der Waals surface area contributed by atoms with Gasteiger partial charge in [0.1, 0.15) is 0 Å². The maximum Gasteiger partial charge on any atom is 0.417 e. The molecule has 0 aliphatic rings. The van der Waals surface area contributed by atoms with Gasteiger partial charge in [0, 0.05) is 34.7 Å². The molecule has 0 saturated heterocycles. The Labute approximate surface area is 214 Å². The van der Waals surface area contributed by atoms with Crippen LogP contribution in [0, 0.1) is 0 Å². The third kappa shape index (κ3) is 3.84. The van der Waals surface area contributed by atoms with E-state index in [1.807, 2.05) is 0 Å². The van der Waals surface area contributed by atoms with Crippen molar-refractivity contribution >= 4 is 22.9 Å². The fourth-order valence-electron chi connectivity index (χ4n) is 4.22. The van der Waals surface area contributed by atoms with Crippen LogP contribution in [-0.2, 0) is 12.7 Å². The van der Waals surface area contributed by atoms with Crippen LogP contribution in [0.2, 0.25) is 5.02 Å². The van der Waals surface area contributed by atoms with Crippen LogP contribution in [0.3, 0.4) is 0 Å². The molecule has 1 aromatic carbocycles. The summed E-state index contributed by atoms with van der Waals surface area (Å²) in [7, 11) is 0. The molecule has 0 spiro atoms. The summed E-state index contributed by atoms with van der Waals surface area (Å²) in [4.78, 5) is 34.2. The van der Waals surface area contributed by atoms with E-state index in [9.17, 15) is 22.8 Å². The van der Waals surface area contributed by atoms with Gasteiger partial charge < -0.3 is 0 Å². The first-order valence-corrected chi connectivity index (χ1v) is 11.4. The number of nitrogens with one attached hydrogen (secondary N) is 1. The van der Waals surface area contributed by atoms with Crippen LogP contribution in [0.25, 0.3) is 33.5 Å². The van der Waals surface area contributed by atoms with E-state index in [1.54, 1.807) is 48.8 Å². The number of hydrogen-bond donors (Lipinski definition) is 1. The molecule has 5 aromatic heterocycles. The Morgan fingerprint density at radius 1 is 0.868 bits per heavy atom. The molecule has 0 bridgehead atoms. The SMILES string of the molecule is O=c1[nH]nc2c(-c3ccc(Cl)cc3)c(-c3ccncc3)c3nn(Cc4ccc(C(F)(F)F)cn4)c(=O)n3n12. The molecule has 5 heterocycles. The summed E-state index contributed by atoms with van der Waals surface area (Å²) in [5, 5.41) is 11.5. The maximum absolute atomic E-state index is 13.5. The van der Waals surface area contributed by atoms with E-state index in [4.69, 9.17) is 11.6 Å². The molecule has 0 radical (unpaired) electrons. The topological polar surface area (TPSA) is 115 Å². The lowest BCUT2D eigenvalue weighted by Gasteiger charge is -2.12. The second kappa shape index (κ2) is 8.66. The lowest BCUT2D eigenvalue weighted by atomic mass is 9.97. The summed E-state index contributed by atoms with van der Waals surface area (Å²) in [6.07, 6.45) is -0.716. The van der Waals surface area contributed by atoms with E-state index in [0.29, 0.717) is 33.5 Å². The molecule has 10 nitrogen and oxygen atoms in total. The second-order valence-corrected chi connectivity index (χ2v) is 8.70. The summed E-state index contributed by atoms with van der Waals surface area (Å²) < 4.78 is 42.0. The summed E-state index contributed by atoms with van der Waals surface area (Å²) in [6, 6.07) is 12.3. The Bertz CT molecular complexity index is 1920. The summed E-state index contributed by atoms with van der Waals surface area (Å²) in [5.74, 6) is 0. The number of rotatable bonds is 4. The van der Waals surface area contributed by atoms with Crippen LogP contribution >= 0.6 is 11.6 Å². The van der Waals surface area contributed by atoms with Gasteiger partial charge in [0.2, 0.25) is 0 Å². The number of hydrogen-bond acceptors (Lipinski definition) is 6. The van der Waals surface area contributed by atoms with Gasteiger partial charge in [0.25, 0.3) is 0 Å². The number of halogens is 4. The van der Waals surface area contributed by atoms with E-state index in [2.05, 4.69) is 25.3 Å². The zero-order valence-electron chi connectivity index (χ0n) is 19.0. The third-order valence-corrected chi connectivity index (χ3v) is 6.18. The van der Waals surface area contributed by atoms with Gasteiger partial charge in [0.05, 0.1) is 17.8 Å². The van der Waals surface area contributed by atoms with Gasteiger partial charge in [0.15, 0.2) is 11.3 Å². The summed E-state index contributed by atoms with van der Waals surface area (Å²) in [6.45, 7) is -0.237. The minimum absolute atomic E-state index is 0.120. The minimum Gasteiger partial charge on any atom is -0.265 e. The Morgan fingerprint density at radius 2 is 1.55 bits per heavy atom. The molecule has 0 fully saturated rings. The van der Waals surface area contributed by atoms with Gasteiger partial charge in [-0.25, -0.2) is 19.4 Å². The van der Waals surface area contributed by atoms with E-state index >= 15 is 0 Å². The Hall–Kier alpha value is -4.78. The first-order chi connectivity index (χ1) is 18.2. The highest BCUT2D eigenvalue weighted by Gasteiger charge is 2.31. The third-order valence-electron chi connectivity index (χ3n) is 5.93. The first kappa shape index (κ1) is 23.6. The highest BCUT2D eigenvalue weighted by Crippen LogP contribution is 2.37. The van der Waals surface area contributed by atoms with Crippen LogP contribution in [0.5, 0.6) is 0 Å². The smallest absolute Gasteiger partial charge is 0.265 e. The lowest BCUT2D eigenvalue weighted by molar-refractivity contribution is -0.137. The fourth-order valence-corrected chi connectivity index (χ4v) is 4.35. The molecule has 14 heteroatoms. The number of alkyl halides is 3. The Balaban J connectivity index is 1.65. The summed E-state index contributed by atoms with van der Waals surface area (Å²) >= 11 is 6.09. The molecule has 1 N–H and O–H groups in total. The predicted molar refractivity (Wildman–Crippen MR) is 131 cm³/mol. The number of aromatic amines is 1. The van der Waals surface area contributed by atoms with Crippen molar-refractivity contribution < 1.29 is 13.2 Å². The van der Waals surface area contributed by atoms with Crippen molar-refractivity contribution in [1.29, 1.82) is 0 Å². The van der Waals surface area contributed by atoms with Crippen LogP contribution in [0.4, 0.5) is 13.2 Å². The van der Waals surface area contributed by atoms with Gasteiger partial charge in [-0.2, -0.15) is 27.3 Å². The van der Waals surface area contributed by atoms with E-state index < -0.39 is 23.1 Å². The first-order valence-electron chi connectivity index (χ1n) is 11.0. The van der Waals surface area contributed by atoms with Crippen molar-refractivity contribution in [2.75, 3.05) is 0 Å². The Morgan fingerprint density at radius 3 is 2.21 bits per heavy atom. The van der Waals surface area contributed by atoms with Crippen molar-refractivity contribution in [3.63, 3.8) is 0 Å². The van der Waals surface area contributed by atoms with Crippen LogP contribution in [-0.4, -0.2) is 39.0 Å². The number of aromatic nitrogens is 8. The molecule has 0 amide bonds. The quantitative estimate of drug-likeness (QED) is 0.366. The van der Waals surface area contributed by atoms with Crippen molar-refractivity contribution in [2.24, 2.45) is 0 Å². The van der Waals surface area contributed by atoms with Crippen LogP contribution in [0.1, 0.15) is 11.3 Å². The number of nitrogens with zero attached hydrogens (tertiary/aromatic N) is 7. The van der Waals surface area contributed by atoms with Crippen molar-refractivity contribution in [1.82, 2.24) is 39.0 Å². The average Bonchev–Trinajstić information content (AvgIpc) is 3.43. The fraction of sp³-hybridized carbons (Fsp3) is 0.0833. The monoisotopic (exact) mass is 538 g/mol. The molecule has 0 unspecified atom stereocenters. The van der Waals surface area contributed by atoms with E-state index in [1.165, 1.54) is 6.07 Å². The highest BCUT2D eigenvalue weighted by atomic mass is 35.5. The molecular formula is C24H14ClF3N8O2. The van der Waals surface area contributed by atoms with Crippen molar-refractivity contribution in [3.05, 3.63) is 104 Å². The molecular weight excluding hydrogens is 525 g/mol. The zero-order valence-corrected chi connectivity index (χ0v) is 19.8. The lowest BCUT2D eigenvalue weighted by Crippen LogP contribution is -2.29. The Kier molecular flexibility index (Phi) is 5.38. The molecule has 38 heavy (non-hydrogen) atoms. The standard InChI is InChI=1S/C24H14ClF3N8O2/c25-16-4-1-13(2-5-16)18-19(14-7-9-29-10-8-14)21-33-34(12-17-6-3-15(11-30-17)24(26,27)28)23(38)36(21)35-20(18)31-32-22(35)37/h1-11H,12H2,(H,32,37). The molecule has 0 atom stereocenters. The van der Waals surface area contributed by atoms with Gasteiger partial charge in [-0.15, -0.1) is 5.10 Å². The number of fused-ring (bicyclic) bond motifs is 3. The number of H-pyrrole nitrogens is 1. The molecule has 6 rings (SSSR count). The van der Waals surface area contributed by atoms with Gasteiger partial charge in [-0.05, 0) is 47.5 Å². The highest BCUT2D eigenvalue weighted by molar-refractivity contribution is 6.30.